The number of ether oxygens (including phenoxy) is 1. The number of hydrogen-bond acceptors (Lipinski definition) is 3. The van der Waals surface area contributed by atoms with Gasteiger partial charge in [0.1, 0.15) is 0 Å². The van der Waals surface area contributed by atoms with Gasteiger partial charge in [0.25, 0.3) is 0 Å². The molecule has 68 valence electrons. The molecular formula is C9H16N2O. The van der Waals surface area contributed by atoms with Gasteiger partial charge in [-0.15, -0.1) is 0 Å². The van der Waals surface area contributed by atoms with Gasteiger partial charge in [0, 0.05) is 19.3 Å². The van der Waals surface area contributed by atoms with Crippen LogP contribution >= 0.6 is 0 Å². The van der Waals surface area contributed by atoms with E-state index in [-0.39, 0.29) is 6.04 Å². The van der Waals surface area contributed by atoms with Crippen molar-refractivity contribution in [2.75, 3.05) is 13.2 Å². The summed E-state index contributed by atoms with van der Waals surface area (Å²) in [5.74, 6) is 0. The van der Waals surface area contributed by atoms with Crippen LogP contribution in [0.5, 0.6) is 0 Å². The summed E-state index contributed by atoms with van der Waals surface area (Å²) >= 11 is 0. The van der Waals surface area contributed by atoms with Gasteiger partial charge >= 0.3 is 0 Å². The lowest BCUT2D eigenvalue weighted by Gasteiger charge is -2.09. The lowest BCUT2D eigenvalue weighted by Crippen LogP contribution is -2.30. The van der Waals surface area contributed by atoms with Crippen molar-refractivity contribution in [1.82, 2.24) is 5.32 Å². The molecule has 0 aromatic heterocycles. The molecule has 0 amide bonds. The second-order valence-corrected chi connectivity index (χ2v) is 3.11. The highest BCUT2D eigenvalue weighted by atomic mass is 16.5. The van der Waals surface area contributed by atoms with Gasteiger partial charge in [0.15, 0.2) is 0 Å². The summed E-state index contributed by atoms with van der Waals surface area (Å²) in [5.41, 5.74) is 0. The van der Waals surface area contributed by atoms with Crippen LogP contribution in [0.1, 0.15) is 26.2 Å². The first-order chi connectivity index (χ1) is 5.86. The molecule has 3 heteroatoms. The summed E-state index contributed by atoms with van der Waals surface area (Å²) in [7, 11) is 0. The molecule has 3 nitrogen and oxygen atoms in total. The van der Waals surface area contributed by atoms with Crippen LogP contribution in [0.25, 0.3) is 0 Å². The average molecular weight is 168 g/mol. The van der Waals surface area contributed by atoms with E-state index < -0.39 is 0 Å². The topological polar surface area (TPSA) is 45.0 Å². The maximum atomic E-state index is 8.73. The summed E-state index contributed by atoms with van der Waals surface area (Å²) in [4.78, 5) is 0. The molecule has 1 aliphatic rings. The number of nitrogens with zero attached hydrogens (tertiary/aromatic N) is 1. The van der Waals surface area contributed by atoms with Gasteiger partial charge in [0.2, 0.25) is 0 Å². The molecule has 0 aromatic rings. The number of nitriles is 1. The van der Waals surface area contributed by atoms with Gasteiger partial charge in [0.05, 0.1) is 12.1 Å². The van der Waals surface area contributed by atoms with E-state index in [1.54, 1.807) is 0 Å². The van der Waals surface area contributed by atoms with Gasteiger partial charge in [-0.1, -0.05) is 0 Å². The zero-order valence-corrected chi connectivity index (χ0v) is 7.55. The smallest absolute Gasteiger partial charge is 0.0977 e. The first-order valence-corrected chi connectivity index (χ1v) is 4.60. The van der Waals surface area contributed by atoms with Crippen molar-refractivity contribution in [1.29, 1.82) is 5.26 Å². The fourth-order valence-corrected chi connectivity index (χ4v) is 1.07. The lowest BCUT2D eigenvalue weighted by atomic mass is 10.2. The third-order valence-corrected chi connectivity index (χ3v) is 1.93. The third-order valence-electron chi connectivity index (χ3n) is 1.93. The minimum atomic E-state index is -0.0101. The highest BCUT2D eigenvalue weighted by Gasteiger charge is 2.23. The molecule has 1 fully saturated rings. The summed E-state index contributed by atoms with van der Waals surface area (Å²) in [6, 6.07) is 2.84. The maximum Gasteiger partial charge on any atom is 0.0977 e. The van der Waals surface area contributed by atoms with E-state index in [0.29, 0.717) is 12.6 Å². The molecule has 0 saturated heterocycles. The van der Waals surface area contributed by atoms with E-state index in [1.165, 1.54) is 12.8 Å². The Bertz CT molecular complexity index is 160. The molecule has 12 heavy (non-hydrogen) atoms. The molecule has 0 spiro atoms. The first-order valence-electron chi connectivity index (χ1n) is 4.60. The van der Waals surface area contributed by atoms with Gasteiger partial charge in [-0.2, -0.15) is 5.26 Å². The van der Waals surface area contributed by atoms with Crippen LogP contribution in [0.3, 0.4) is 0 Å². The molecule has 1 aliphatic carbocycles. The van der Waals surface area contributed by atoms with Crippen molar-refractivity contribution >= 4 is 0 Å². The maximum absolute atomic E-state index is 8.73. The number of rotatable bonds is 6. The van der Waals surface area contributed by atoms with E-state index in [2.05, 4.69) is 11.4 Å². The standard InChI is InChI=1S/C9H16N2O/c1-2-12-6-5-9(7-10)11-8-3-4-8/h8-9,11H,2-6H2,1H3. The van der Waals surface area contributed by atoms with Crippen LogP contribution in [-0.2, 0) is 4.74 Å². The Morgan fingerprint density at radius 2 is 2.42 bits per heavy atom. The Balaban J connectivity index is 2.04. The molecule has 0 heterocycles. The Kier molecular flexibility index (Phi) is 4.06. The van der Waals surface area contributed by atoms with Crippen LogP contribution in [0, 0.1) is 11.3 Å². The Hall–Kier alpha value is -0.590. The van der Waals surface area contributed by atoms with E-state index in [1.807, 2.05) is 6.92 Å². The van der Waals surface area contributed by atoms with Gasteiger partial charge in [-0.05, 0) is 26.2 Å². The van der Waals surface area contributed by atoms with Crippen molar-refractivity contribution in [3.63, 3.8) is 0 Å². The third kappa shape index (κ3) is 3.70. The highest BCUT2D eigenvalue weighted by Crippen LogP contribution is 2.19. The second-order valence-electron chi connectivity index (χ2n) is 3.11. The molecular weight excluding hydrogens is 152 g/mol. The first kappa shape index (κ1) is 9.50. The predicted molar refractivity (Wildman–Crippen MR) is 46.7 cm³/mol. The van der Waals surface area contributed by atoms with Crippen molar-refractivity contribution in [3.8, 4) is 6.07 Å². The zero-order valence-electron chi connectivity index (χ0n) is 7.55. The highest BCUT2D eigenvalue weighted by molar-refractivity contribution is 4.95. The molecule has 0 bridgehead atoms. The van der Waals surface area contributed by atoms with Crippen molar-refractivity contribution in [3.05, 3.63) is 0 Å². The van der Waals surface area contributed by atoms with Crippen molar-refractivity contribution in [2.45, 2.75) is 38.3 Å². The zero-order chi connectivity index (χ0) is 8.81. The quantitative estimate of drug-likeness (QED) is 0.603. The number of nitrogens with one attached hydrogen (secondary N) is 1. The average Bonchev–Trinajstić information content (AvgIpc) is 2.87. The predicted octanol–water partition coefficient (Wildman–Crippen LogP) is 1.06. The Labute approximate surface area is 73.7 Å². The van der Waals surface area contributed by atoms with Crippen LogP contribution in [-0.4, -0.2) is 25.3 Å². The Morgan fingerprint density at radius 3 is 2.92 bits per heavy atom. The summed E-state index contributed by atoms with van der Waals surface area (Å²) < 4.78 is 5.18. The molecule has 0 aliphatic heterocycles. The summed E-state index contributed by atoms with van der Waals surface area (Å²) in [6.45, 7) is 3.39. The summed E-state index contributed by atoms with van der Waals surface area (Å²) in [5, 5.41) is 12.0. The second kappa shape index (κ2) is 5.13. The normalized spacial score (nSPS) is 18.7. The van der Waals surface area contributed by atoms with Crippen LogP contribution < -0.4 is 5.32 Å². The van der Waals surface area contributed by atoms with E-state index in [0.717, 1.165) is 13.0 Å². The molecule has 1 rings (SSSR count). The Morgan fingerprint density at radius 1 is 1.67 bits per heavy atom. The van der Waals surface area contributed by atoms with E-state index >= 15 is 0 Å². The van der Waals surface area contributed by atoms with Crippen LogP contribution in [0.2, 0.25) is 0 Å². The lowest BCUT2D eigenvalue weighted by molar-refractivity contribution is 0.140. The molecule has 1 atom stereocenters. The van der Waals surface area contributed by atoms with Gasteiger partial charge in [-0.25, -0.2) is 0 Å². The fraction of sp³-hybridized carbons (Fsp3) is 0.889. The monoisotopic (exact) mass is 168 g/mol. The van der Waals surface area contributed by atoms with E-state index in [9.17, 15) is 0 Å². The van der Waals surface area contributed by atoms with Gasteiger partial charge < -0.3 is 4.74 Å². The minimum absolute atomic E-state index is 0.0101. The van der Waals surface area contributed by atoms with Crippen LogP contribution in [0.4, 0.5) is 0 Å². The molecule has 1 N–H and O–H groups in total. The number of hydrogen-bond donors (Lipinski definition) is 1. The van der Waals surface area contributed by atoms with E-state index in [4.69, 9.17) is 10.00 Å². The fourth-order valence-electron chi connectivity index (χ4n) is 1.07. The molecule has 1 unspecified atom stereocenters. The molecule has 0 aromatic carbocycles. The van der Waals surface area contributed by atoms with Crippen molar-refractivity contribution in [2.24, 2.45) is 0 Å². The van der Waals surface area contributed by atoms with Gasteiger partial charge in [-0.3, -0.25) is 5.32 Å². The minimum Gasteiger partial charge on any atom is -0.382 e. The summed E-state index contributed by atoms with van der Waals surface area (Å²) in [6.07, 6.45) is 3.26. The van der Waals surface area contributed by atoms with Crippen molar-refractivity contribution < 1.29 is 4.74 Å². The molecule has 1 saturated carbocycles. The largest absolute Gasteiger partial charge is 0.382 e. The van der Waals surface area contributed by atoms with Crippen LogP contribution in [0.15, 0.2) is 0 Å². The molecule has 0 radical (unpaired) electrons. The SMILES string of the molecule is CCOCCC(C#N)NC1CC1.